The van der Waals surface area contributed by atoms with E-state index < -0.39 is 48.1 Å². The Kier molecular flexibility index (Phi) is 7.50. The summed E-state index contributed by atoms with van der Waals surface area (Å²) >= 11 is 1.36. The number of nitrogen functional groups attached to an aromatic ring is 1. The number of rotatable bonds is 7. The Morgan fingerprint density at radius 1 is 1.14 bits per heavy atom. The van der Waals surface area contributed by atoms with E-state index in [0.29, 0.717) is 29.9 Å². The molecule has 10 nitrogen and oxygen atoms in total. The highest BCUT2D eigenvalue weighted by Crippen LogP contribution is 2.52. The second kappa shape index (κ2) is 11.1. The Morgan fingerprint density at radius 3 is 2.59 bits per heavy atom. The first-order valence-electron chi connectivity index (χ1n) is 14.1. The summed E-state index contributed by atoms with van der Waals surface area (Å²) in [6, 6.07) is 9.10. The van der Waals surface area contributed by atoms with Crippen LogP contribution >= 0.6 is 11.3 Å². The molecule has 2 aliphatic heterocycles. The smallest absolute Gasteiger partial charge is 0.299 e. The fraction of sp³-hybridized carbons (Fsp3) is 0.355. The molecule has 1 aromatic heterocycles. The van der Waals surface area contributed by atoms with E-state index in [9.17, 15) is 14.4 Å². The van der Waals surface area contributed by atoms with Gasteiger partial charge < -0.3 is 30.7 Å². The molecule has 3 amide bonds. The number of alkyl halides is 2. The van der Waals surface area contributed by atoms with E-state index in [-0.39, 0.29) is 41.1 Å². The van der Waals surface area contributed by atoms with Gasteiger partial charge in [0, 0.05) is 38.9 Å². The van der Waals surface area contributed by atoms with Crippen LogP contribution in [0.4, 0.5) is 8.78 Å². The first kappa shape index (κ1) is 29.9. The number of aryl methyl sites for hydroxylation is 1. The predicted octanol–water partition coefficient (Wildman–Crippen LogP) is 3.41. The number of nitrogens with zero attached hydrogens (tertiary/aromatic N) is 1. The van der Waals surface area contributed by atoms with Crippen LogP contribution < -0.4 is 16.4 Å². The lowest BCUT2D eigenvalue weighted by Crippen LogP contribution is -2.49. The molecule has 1 unspecified atom stereocenters. The van der Waals surface area contributed by atoms with Crippen LogP contribution in [0.5, 0.6) is 0 Å². The van der Waals surface area contributed by atoms with Gasteiger partial charge in [-0.15, -0.1) is 11.3 Å². The highest BCUT2D eigenvalue weighted by atomic mass is 32.1. The number of nitrogens with two attached hydrogens (primary N) is 1. The van der Waals surface area contributed by atoms with Gasteiger partial charge in [-0.2, -0.15) is 8.78 Å². The Balaban J connectivity index is 1.16. The van der Waals surface area contributed by atoms with Gasteiger partial charge in [0.2, 0.25) is 11.8 Å². The SMILES string of the molecule is Cc1cccc2c1-c1cc(C(=O)NCC(=O)N3CC4(CC3C(=O)N[C@H](C)c3cc(C(=N)N)cs3)OCCO4)ccc1C2(F)F. The summed E-state index contributed by atoms with van der Waals surface area (Å²) in [6.07, 6.45) is 0.117. The van der Waals surface area contributed by atoms with Gasteiger partial charge in [-0.3, -0.25) is 19.8 Å². The number of carbonyl (C=O) groups is 3. The summed E-state index contributed by atoms with van der Waals surface area (Å²) in [6.45, 7) is 3.77. The van der Waals surface area contributed by atoms with Crippen LogP contribution in [0, 0.1) is 12.3 Å². The fourth-order valence-corrected chi connectivity index (χ4v) is 7.02. The van der Waals surface area contributed by atoms with E-state index >= 15 is 8.78 Å². The van der Waals surface area contributed by atoms with Crippen LogP contribution in [0.15, 0.2) is 47.8 Å². The van der Waals surface area contributed by atoms with Crippen LogP contribution in [-0.2, 0) is 25.0 Å². The largest absolute Gasteiger partial charge is 0.384 e. The first-order chi connectivity index (χ1) is 20.9. The minimum atomic E-state index is -3.18. The van der Waals surface area contributed by atoms with Gasteiger partial charge in [0.1, 0.15) is 11.9 Å². The van der Waals surface area contributed by atoms with Crippen molar-refractivity contribution in [1.82, 2.24) is 15.5 Å². The molecule has 44 heavy (non-hydrogen) atoms. The maximum Gasteiger partial charge on any atom is 0.299 e. The quantitative estimate of drug-likeness (QED) is 0.234. The van der Waals surface area contributed by atoms with Crippen molar-refractivity contribution in [3.63, 3.8) is 0 Å². The van der Waals surface area contributed by atoms with E-state index in [2.05, 4.69) is 10.6 Å². The van der Waals surface area contributed by atoms with Gasteiger partial charge in [-0.1, -0.05) is 24.3 Å². The summed E-state index contributed by atoms with van der Waals surface area (Å²) in [4.78, 5) is 42.1. The van der Waals surface area contributed by atoms with Crippen molar-refractivity contribution < 1.29 is 32.6 Å². The zero-order valence-corrected chi connectivity index (χ0v) is 24.9. The monoisotopic (exact) mass is 623 g/mol. The third-order valence-corrected chi connectivity index (χ3v) is 9.46. The lowest BCUT2D eigenvalue weighted by molar-refractivity contribution is -0.152. The average Bonchev–Trinajstić information content (AvgIpc) is 3.78. The van der Waals surface area contributed by atoms with E-state index in [0.717, 1.165) is 4.88 Å². The summed E-state index contributed by atoms with van der Waals surface area (Å²) in [5.74, 6) is -5.92. The van der Waals surface area contributed by atoms with Crippen molar-refractivity contribution in [2.75, 3.05) is 26.3 Å². The number of hydrogen-bond acceptors (Lipinski definition) is 7. The van der Waals surface area contributed by atoms with Crippen LogP contribution in [0.3, 0.4) is 0 Å². The highest BCUT2D eigenvalue weighted by Gasteiger charge is 2.52. The summed E-state index contributed by atoms with van der Waals surface area (Å²) in [5, 5.41) is 14.8. The van der Waals surface area contributed by atoms with Crippen molar-refractivity contribution >= 4 is 34.9 Å². The number of fused-ring (bicyclic) bond motifs is 3. The molecular formula is C31H31F2N5O5S. The van der Waals surface area contributed by atoms with Gasteiger partial charge in [-0.25, -0.2) is 0 Å². The molecule has 13 heteroatoms. The van der Waals surface area contributed by atoms with E-state index in [1.165, 1.54) is 40.5 Å². The predicted molar refractivity (Wildman–Crippen MR) is 159 cm³/mol. The molecule has 0 radical (unpaired) electrons. The third-order valence-electron chi connectivity index (χ3n) is 8.35. The lowest BCUT2D eigenvalue weighted by Gasteiger charge is -2.25. The minimum Gasteiger partial charge on any atom is -0.384 e. The van der Waals surface area contributed by atoms with Crippen LogP contribution in [-0.4, -0.2) is 66.6 Å². The molecule has 1 spiro atoms. The molecule has 3 aromatic rings. The Hall–Kier alpha value is -4.20. The van der Waals surface area contributed by atoms with Crippen LogP contribution in [0.1, 0.15) is 56.9 Å². The molecule has 1 aliphatic carbocycles. The zero-order chi connectivity index (χ0) is 31.4. The first-order valence-corrected chi connectivity index (χ1v) is 15.0. The Bertz CT molecular complexity index is 1690. The molecule has 3 heterocycles. The van der Waals surface area contributed by atoms with Crippen LogP contribution in [0.25, 0.3) is 11.1 Å². The van der Waals surface area contributed by atoms with Crippen molar-refractivity contribution in [2.45, 2.75) is 44.1 Å². The van der Waals surface area contributed by atoms with Gasteiger partial charge in [0.15, 0.2) is 5.79 Å². The average molecular weight is 624 g/mol. The number of likely N-dealkylation sites (tertiary alicyclic amines) is 1. The number of halogens is 2. The molecule has 0 bridgehead atoms. The van der Waals surface area contributed by atoms with Crippen molar-refractivity contribution in [3.05, 3.63) is 80.5 Å². The molecule has 230 valence electrons. The lowest BCUT2D eigenvalue weighted by atomic mass is 9.99. The van der Waals surface area contributed by atoms with E-state index in [1.54, 1.807) is 37.4 Å². The zero-order valence-electron chi connectivity index (χ0n) is 24.0. The van der Waals surface area contributed by atoms with Crippen molar-refractivity contribution in [2.24, 2.45) is 5.73 Å². The Labute approximate surface area is 256 Å². The number of amides is 3. The van der Waals surface area contributed by atoms with E-state index in [4.69, 9.17) is 20.6 Å². The minimum absolute atomic E-state index is 0.00560. The number of thiophene rings is 1. The van der Waals surface area contributed by atoms with Gasteiger partial charge in [0.25, 0.3) is 11.8 Å². The van der Waals surface area contributed by atoms with Crippen molar-refractivity contribution in [1.29, 1.82) is 5.41 Å². The number of amidine groups is 1. The summed E-state index contributed by atoms with van der Waals surface area (Å²) in [5.41, 5.74) is 7.34. The highest BCUT2D eigenvalue weighted by molar-refractivity contribution is 7.10. The fourth-order valence-electron chi connectivity index (χ4n) is 6.10. The maximum absolute atomic E-state index is 15.1. The maximum atomic E-state index is 15.1. The number of ether oxygens (including phenoxy) is 2. The van der Waals surface area contributed by atoms with E-state index in [1.807, 2.05) is 0 Å². The molecule has 0 saturated carbocycles. The standard InChI is InChI=1S/C31H31F2N5O5S/c1-16-4-3-5-22-26(16)20-10-18(6-7-21(20)31(22,32)33)28(40)36-13-25(39)38-15-30(42-8-9-43-30)12-23(38)29(41)37-17(2)24-11-19(14-44-24)27(34)35/h3-7,10-11,14,17,23H,8-9,12-13,15H2,1-2H3,(H3,34,35)(H,36,40)(H,37,41)/t17-,23?/m1/s1. The Morgan fingerprint density at radius 2 is 1.89 bits per heavy atom. The van der Waals surface area contributed by atoms with Crippen molar-refractivity contribution in [3.8, 4) is 11.1 Å². The van der Waals surface area contributed by atoms with Gasteiger partial charge in [0.05, 0.1) is 32.3 Å². The molecule has 2 atom stereocenters. The molecule has 3 aliphatic rings. The topological polar surface area (TPSA) is 147 Å². The molecule has 2 aromatic carbocycles. The van der Waals surface area contributed by atoms with Gasteiger partial charge >= 0.3 is 0 Å². The molecule has 2 fully saturated rings. The number of hydrogen-bond donors (Lipinski definition) is 4. The normalized spacial score (nSPS) is 19.8. The third kappa shape index (κ3) is 5.14. The molecule has 5 N–H and O–H groups in total. The number of carbonyl (C=O) groups excluding carboxylic acids is 3. The molecular weight excluding hydrogens is 592 g/mol. The number of nitrogens with one attached hydrogen (secondary N) is 3. The summed E-state index contributed by atoms with van der Waals surface area (Å²) < 4.78 is 41.8. The number of benzene rings is 2. The summed E-state index contributed by atoms with van der Waals surface area (Å²) in [7, 11) is 0. The molecule has 6 rings (SSSR count). The second-order valence-electron chi connectivity index (χ2n) is 11.2. The van der Waals surface area contributed by atoms with Gasteiger partial charge in [-0.05, 0) is 48.7 Å². The molecule has 2 saturated heterocycles. The second-order valence-corrected chi connectivity index (χ2v) is 12.2. The van der Waals surface area contributed by atoms with Crippen LogP contribution in [0.2, 0.25) is 0 Å².